The molecule has 0 amide bonds. The number of unbranched alkanes of at least 4 members (excludes halogenated alkanes) is 32. The molecule has 0 saturated carbocycles. The molecule has 0 saturated heterocycles. The highest BCUT2D eigenvalue weighted by molar-refractivity contribution is 5.71. The maximum atomic E-state index is 12.7. The van der Waals surface area contributed by atoms with E-state index in [0.29, 0.717) is 19.3 Å². The predicted molar refractivity (Wildman–Crippen MR) is 224 cm³/mol. The summed E-state index contributed by atoms with van der Waals surface area (Å²) in [5.74, 6) is -0.851. The maximum Gasteiger partial charge on any atom is 0.306 e. The number of rotatable bonds is 43. The lowest BCUT2D eigenvalue weighted by Crippen LogP contribution is -2.30. The van der Waals surface area contributed by atoms with Crippen molar-refractivity contribution in [2.45, 2.75) is 271 Å². The summed E-state index contributed by atoms with van der Waals surface area (Å²) < 4.78 is 16.7. The van der Waals surface area contributed by atoms with Crippen molar-refractivity contribution in [1.29, 1.82) is 0 Å². The topological polar surface area (TPSA) is 78.9 Å². The summed E-state index contributed by atoms with van der Waals surface area (Å²) in [5.41, 5.74) is 0. The summed E-state index contributed by atoms with van der Waals surface area (Å²) >= 11 is 0. The molecular weight excluding hydrogens is 661 g/mol. The maximum absolute atomic E-state index is 12.7. The van der Waals surface area contributed by atoms with Crippen LogP contribution in [0.5, 0.6) is 0 Å². The van der Waals surface area contributed by atoms with Crippen LogP contribution in [-0.2, 0) is 28.6 Å². The van der Waals surface area contributed by atoms with Crippen molar-refractivity contribution in [3.8, 4) is 0 Å². The van der Waals surface area contributed by atoms with Gasteiger partial charge in [-0.3, -0.25) is 14.4 Å². The molecule has 0 fully saturated rings. The molecule has 314 valence electrons. The van der Waals surface area contributed by atoms with Crippen LogP contribution in [0.25, 0.3) is 0 Å². The van der Waals surface area contributed by atoms with Crippen molar-refractivity contribution in [3.05, 3.63) is 0 Å². The first-order valence-corrected chi connectivity index (χ1v) is 23.5. The fraction of sp³-hybridized carbons (Fsp3) is 0.936. The summed E-state index contributed by atoms with van der Waals surface area (Å²) in [6.45, 7) is 6.64. The largest absolute Gasteiger partial charge is 0.462 e. The highest BCUT2D eigenvalue weighted by Gasteiger charge is 2.19. The second-order valence-corrected chi connectivity index (χ2v) is 16.0. The first kappa shape index (κ1) is 51.4. The van der Waals surface area contributed by atoms with Crippen molar-refractivity contribution in [1.82, 2.24) is 0 Å². The summed E-state index contributed by atoms with van der Waals surface area (Å²) in [6.07, 6.45) is 43.7. The van der Waals surface area contributed by atoms with Crippen LogP contribution in [0.4, 0.5) is 0 Å². The highest BCUT2D eigenvalue weighted by atomic mass is 16.6. The van der Waals surface area contributed by atoms with Gasteiger partial charge in [-0.1, -0.05) is 226 Å². The van der Waals surface area contributed by atoms with Gasteiger partial charge in [0.15, 0.2) is 6.10 Å². The van der Waals surface area contributed by atoms with Gasteiger partial charge in [0.05, 0.1) is 0 Å². The van der Waals surface area contributed by atoms with Gasteiger partial charge in [-0.05, 0) is 19.3 Å². The fourth-order valence-corrected chi connectivity index (χ4v) is 7.03. The molecule has 0 bridgehead atoms. The number of esters is 3. The third kappa shape index (κ3) is 41.4. The SMILES string of the molecule is CCCCCCCCCCCCCCCCC(=O)OC[C@@H](COC(=O)CCCCCCCCCCCCCC)OC(=O)CCCCCCCCCCC. The number of carbonyl (C=O) groups excluding carboxylic acids is 3. The summed E-state index contributed by atoms with van der Waals surface area (Å²) in [5, 5.41) is 0. The van der Waals surface area contributed by atoms with Crippen LogP contribution in [0.2, 0.25) is 0 Å². The van der Waals surface area contributed by atoms with Crippen molar-refractivity contribution in [2.75, 3.05) is 13.2 Å². The lowest BCUT2D eigenvalue weighted by Gasteiger charge is -2.18. The summed E-state index contributed by atoms with van der Waals surface area (Å²) in [6, 6.07) is 0. The Morgan fingerprint density at radius 2 is 0.509 bits per heavy atom. The fourth-order valence-electron chi connectivity index (χ4n) is 7.03. The zero-order valence-corrected chi connectivity index (χ0v) is 35.8. The Morgan fingerprint density at radius 3 is 0.755 bits per heavy atom. The van der Waals surface area contributed by atoms with E-state index in [9.17, 15) is 14.4 Å². The Balaban J connectivity index is 4.27. The van der Waals surface area contributed by atoms with E-state index >= 15 is 0 Å². The van der Waals surface area contributed by atoms with Gasteiger partial charge in [-0.2, -0.15) is 0 Å². The lowest BCUT2D eigenvalue weighted by atomic mass is 10.0. The smallest absolute Gasteiger partial charge is 0.306 e. The number of hydrogen-bond acceptors (Lipinski definition) is 6. The molecule has 0 N–H and O–H groups in total. The van der Waals surface area contributed by atoms with Crippen LogP contribution in [0.1, 0.15) is 265 Å². The standard InChI is InChI=1S/C47H90O6/c1-4-7-10-13-16-19-21-23-24-26-29-31-34-37-40-46(49)52-43-44(53-47(50)41-38-35-32-27-18-15-12-9-6-3)42-51-45(48)39-36-33-30-28-25-22-20-17-14-11-8-5-2/h44H,4-43H2,1-3H3/t44-/m1/s1. The van der Waals surface area contributed by atoms with E-state index in [0.717, 1.165) is 57.8 Å². The first-order chi connectivity index (χ1) is 26.0. The predicted octanol–water partition coefficient (Wildman–Crippen LogP) is 14.9. The van der Waals surface area contributed by atoms with E-state index in [1.807, 2.05) is 0 Å². The summed E-state index contributed by atoms with van der Waals surface area (Å²) in [4.78, 5) is 37.7. The van der Waals surface area contributed by atoms with Crippen LogP contribution in [0.3, 0.4) is 0 Å². The molecule has 0 aromatic rings. The van der Waals surface area contributed by atoms with Gasteiger partial charge < -0.3 is 14.2 Å². The Hall–Kier alpha value is -1.59. The van der Waals surface area contributed by atoms with Gasteiger partial charge in [-0.15, -0.1) is 0 Å². The van der Waals surface area contributed by atoms with Crippen LogP contribution in [0, 0.1) is 0 Å². The van der Waals surface area contributed by atoms with E-state index in [4.69, 9.17) is 14.2 Å². The second-order valence-electron chi connectivity index (χ2n) is 16.0. The summed E-state index contributed by atoms with van der Waals surface area (Å²) in [7, 11) is 0. The van der Waals surface area contributed by atoms with E-state index in [1.54, 1.807) is 0 Å². The Bertz CT molecular complexity index is 783. The molecule has 0 unspecified atom stereocenters. The minimum absolute atomic E-state index is 0.0627. The first-order valence-electron chi connectivity index (χ1n) is 23.5. The quantitative estimate of drug-likeness (QED) is 0.0351. The van der Waals surface area contributed by atoms with Crippen molar-refractivity contribution >= 4 is 17.9 Å². The number of ether oxygens (including phenoxy) is 3. The van der Waals surface area contributed by atoms with E-state index < -0.39 is 6.10 Å². The third-order valence-corrected chi connectivity index (χ3v) is 10.6. The normalized spacial score (nSPS) is 11.8. The van der Waals surface area contributed by atoms with Gasteiger partial charge in [0.1, 0.15) is 13.2 Å². The number of carbonyl (C=O) groups is 3. The molecule has 0 aliphatic heterocycles. The minimum Gasteiger partial charge on any atom is -0.462 e. The average Bonchev–Trinajstić information content (AvgIpc) is 3.15. The minimum atomic E-state index is -0.757. The third-order valence-electron chi connectivity index (χ3n) is 10.6. The molecule has 6 nitrogen and oxygen atoms in total. The molecule has 53 heavy (non-hydrogen) atoms. The second kappa shape index (κ2) is 43.1. The lowest BCUT2D eigenvalue weighted by molar-refractivity contribution is -0.167. The zero-order chi connectivity index (χ0) is 38.7. The molecule has 0 aromatic carbocycles. The molecule has 0 aliphatic carbocycles. The molecule has 0 heterocycles. The molecule has 0 radical (unpaired) electrons. The van der Waals surface area contributed by atoms with Crippen molar-refractivity contribution in [2.24, 2.45) is 0 Å². The Morgan fingerprint density at radius 1 is 0.302 bits per heavy atom. The van der Waals surface area contributed by atoms with Gasteiger partial charge in [0, 0.05) is 19.3 Å². The van der Waals surface area contributed by atoms with E-state index in [2.05, 4.69) is 20.8 Å². The van der Waals surface area contributed by atoms with Gasteiger partial charge in [0.25, 0.3) is 0 Å². The highest BCUT2D eigenvalue weighted by Crippen LogP contribution is 2.16. The van der Waals surface area contributed by atoms with Crippen LogP contribution < -0.4 is 0 Å². The van der Waals surface area contributed by atoms with E-state index in [1.165, 1.54) is 167 Å². The Kier molecular flexibility index (Phi) is 41.8. The van der Waals surface area contributed by atoms with Crippen molar-refractivity contribution in [3.63, 3.8) is 0 Å². The number of hydrogen-bond donors (Lipinski definition) is 0. The molecule has 6 heteroatoms. The molecular formula is C47H90O6. The van der Waals surface area contributed by atoms with Gasteiger partial charge in [0.2, 0.25) is 0 Å². The molecule has 0 aliphatic rings. The zero-order valence-electron chi connectivity index (χ0n) is 35.8. The van der Waals surface area contributed by atoms with Gasteiger partial charge in [-0.25, -0.2) is 0 Å². The Labute approximate surface area is 329 Å². The monoisotopic (exact) mass is 751 g/mol. The van der Waals surface area contributed by atoms with Crippen LogP contribution in [0.15, 0.2) is 0 Å². The van der Waals surface area contributed by atoms with Crippen LogP contribution >= 0.6 is 0 Å². The van der Waals surface area contributed by atoms with Crippen LogP contribution in [-0.4, -0.2) is 37.2 Å². The molecule has 0 aromatic heterocycles. The molecule has 0 rings (SSSR count). The van der Waals surface area contributed by atoms with E-state index in [-0.39, 0.29) is 31.1 Å². The molecule has 0 spiro atoms. The average molecular weight is 751 g/mol. The van der Waals surface area contributed by atoms with Crippen molar-refractivity contribution < 1.29 is 28.6 Å². The van der Waals surface area contributed by atoms with Gasteiger partial charge >= 0.3 is 17.9 Å². The molecule has 1 atom stereocenters.